The standard InChI is InChI=1S/C26H41ClO3S/c1-6-7-13-22(23(28)30-25(3,4)5)26(18-11-9-8-10-12-19-26)24(27)31(29)21-16-14-20(2)15-17-21/h14-17,22,24H,6-13,18-19H2,1-5H3. The molecule has 176 valence electrons. The first kappa shape index (κ1) is 26.4. The van der Waals surface area contributed by atoms with Crippen LogP contribution in [-0.2, 0) is 20.3 Å². The van der Waals surface area contributed by atoms with Gasteiger partial charge in [0.1, 0.15) is 10.3 Å². The van der Waals surface area contributed by atoms with Gasteiger partial charge in [0.25, 0.3) is 0 Å². The van der Waals surface area contributed by atoms with E-state index < -0.39 is 26.5 Å². The van der Waals surface area contributed by atoms with Gasteiger partial charge in [0, 0.05) is 10.3 Å². The van der Waals surface area contributed by atoms with Gasteiger partial charge in [-0.25, -0.2) is 0 Å². The van der Waals surface area contributed by atoms with Gasteiger partial charge in [-0.15, -0.1) is 11.6 Å². The maximum absolute atomic E-state index is 13.7. The molecule has 1 aromatic rings. The van der Waals surface area contributed by atoms with E-state index in [1.807, 2.05) is 52.0 Å². The Bertz CT molecular complexity index is 715. The smallest absolute Gasteiger partial charge is 0.310 e. The van der Waals surface area contributed by atoms with Crippen molar-refractivity contribution >= 4 is 28.4 Å². The lowest BCUT2D eigenvalue weighted by Crippen LogP contribution is -2.47. The molecule has 0 saturated heterocycles. The van der Waals surface area contributed by atoms with Gasteiger partial charge in [0.15, 0.2) is 0 Å². The Hall–Kier alpha value is -0.870. The van der Waals surface area contributed by atoms with Crippen LogP contribution < -0.4 is 0 Å². The fourth-order valence-corrected chi connectivity index (χ4v) is 6.87. The summed E-state index contributed by atoms with van der Waals surface area (Å²) in [5.74, 6) is -0.505. The molecule has 1 saturated carbocycles. The molecule has 0 N–H and O–H groups in total. The van der Waals surface area contributed by atoms with Crippen molar-refractivity contribution in [3.05, 3.63) is 29.8 Å². The topological polar surface area (TPSA) is 43.4 Å². The molecule has 0 radical (unpaired) electrons. The number of carbonyl (C=O) groups is 1. The zero-order chi connectivity index (χ0) is 23.1. The molecule has 3 nitrogen and oxygen atoms in total. The number of hydrogen-bond donors (Lipinski definition) is 0. The van der Waals surface area contributed by atoms with Crippen molar-refractivity contribution in [1.29, 1.82) is 0 Å². The highest BCUT2D eigenvalue weighted by Gasteiger charge is 2.50. The minimum Gasteiger partial charge on any atom is -0.460 e. The molecule has 0 bridgehead atoms. The van der Waals surface area contributed by atoms with E-state index in [0.29, 0.717) is 0 Å². The van der Waals surface area contributed by atoms with Crippen LogP contribution in [-0.4, -0.2) is 20.5 Å². The summed E-state index contributed by atoms with van der Waals surface area (Å²) in [6, 6.07) is 7.77. The number of halogens is 1. The monoisotopic (exact) mass is 468 g/mol. The third-order valence-corrected chi connectivity index (χ3v) is 8.91. The first-order chi connectivity index (χ1) is 14.6. The summed E-state index contributed by atoms with van der Waals surface area (Å²) in [6.07, 6.45) is 9.85. The van der Waals surface area contributed by atoms with Crippen molar-refractivity contribution in [1.82, 2.24) is 0 Å². The van der Waals surface area contributed by atoms with Crippen molar-refractivity contribution in [2.24, 2.45) is 11.3 Å². The molecule has 1 aromatic carbocycles. The summed E-state index contributed by atoms with van der Waals surface area (Å²) in [5.41, 5.74) is 0.0550. The average Bonchev–Trinajstić information content (AvgIpc) is 2.68. The Morgan fingerprint density at radius 1 is 1.10 bits per heavy atom. The minimum absolute atomic E-state index is 0.173. The second kappa shape index (κ2) is 11.8. The molecule has 3 atom stereocenters. The van der Waals surface area contributed by atoms with E-state index in [1.54, 1.807) is 0 Å². The maximum Gasteiger partial charge on any atom is 0.310 e. The number of rotatable bonds is 8. The Kier molecular flexibility index (Phi) is 10.1. The zero-order valence-electron chi connectivity index (χ0n) is 20.0. The lowest BCUT2D eigenvalue weighted by Gasteiger charge is -2.44. The summed E-state index contributed by atoms with van der Waals surface area (Å²) in [4.78, 5) is 14.2. The number of esters is 1. The first-order valence-electron chi connectivity index (χ1n) is 11.9. The van der Waals surface area contributed by atoms with Crippen LogP contribution in [0.25, 0.3) is 0 Å². The number of benzene rings is 1. The molecule has 31 heavy (non-hydrogen) atoms. The molecule has 1 aliphatic carbocycles. The van der Waals surface area contributed by atoms with E-state index in [2.05, 4.69) is 6.92 Å². The normalized spacial score (nSPS) is 20.2. The van der Waals surface area contributed by atoms with Gasteiger partial charge in [0.2, 0.25) is 0 Å². The fourth-order valence-electron chi connectivity index (χ4n) is 4.72. The Morgan fingerprint density at radius 3 is 2.16 bits per heavy atom. The third kappa shape index (κ3) is 7.32. The summed E-state index contributed by atoms with van der Waals surface area (Å²) >= 11 is 7.15. The van der Waals surface area contributed by atoms with Crippen molar-refractivity contribution in [2.45, 2.75) is 114 Å². The van der Waals surface area contributed by atoms with Gasteiger partial charge in [-0.3, -0.25) is 9.00 Å². The summed E-state index contributed by atoms with van der Waals surface area (Å²) in [7, 11) is -1.39. The second-order valence-electron chi connectivity index (χ2n) is 10.2. The van der Waals surface area contributed by atoms with Crippen LogP contribution in [0.3, 0.4) is 0 Å². The second-order valence-corrected chi connectivity index (χ2v) is 12.4. The van der Waals surface area contributed by atoms with Crippen molar-refractivity contribution < 1.29 is 13.7 Å². The van der Waals surface area contributed by atoms with Gasteiger partial charge < -0.3 is 4.74 Å². The number of unbranched alkanes of at least 4 members (excludes halogenated alkanes) is 1. The van der Waals surface area contributed by atoms with Gasteiger partial charge in [-0.2, -0.15) is 0 Å². The molecule has 0 amide bonds. The van der Waals surface area contributed by atoms with Crippen LogP contribution in [0, 0.1) is 18.3 Å². The molecule has 2 rings (SSSR count). The molecule has 0 aliphatic heterocycles. The quantitative estimate of drug-likeness (QED) is 0.292. The Labute approximate surface area is 197 Å². The van der Waals surface area contributed by atoms with E-state index in [0.717, 1.165) is 68.2 Å². The molecule has 5 heteroatoms. The van der Waals surface area contributed by atoms with Crippen molar-refractivity contribution in [3.63, 3.8) is 0 Å². The minimum atomic E-state index is -1.39. The number of aryl methyl sites for hydroxylation is 1. The van der Waals surface area contributed by atoms with Crippen LogP contribution in [0.2, 0.25) is 0 Å². The number of carbonyl (C=O) groups excluding carboxylic acids is 1. The predicted molar refractivity (Wildman–Crippen MR) is 131 cm³/mol. The molecule has 1 aliphatic rings. The molecule has 3 unspecified atom stereocenters. The predicted octanol–water partition coefficient (Wildman–Crippen LogP) is 7.55. The van der Waals surface area contributed by atoms with E-state index in [9.17, 15) is 9.00 Å². The van der Waals surface area contributed by atoms with Crippen molar-refractivity contribution in [2.75, 3.05) is 0 Å². The zero-order valence-corrected chi connectivity index (χ0v) is 21.6. The lowest BCUT2D eigenvalue weighted by atomic mass is 9.67. The Balaban J connectivity index is 2.48. The molecule has 0 spiro atoms. The van der Waals surface area contributed by atoms with Gasteiger partial charge in [0.05, 0.1) is 16.7 Å². The van der Waals surface area contributed by atoms with Crippen LogP contribution in [0.1, 0.15) is 97.5 Å². The SMILES string of the molecule is CCCCC(C(=O)OC(C)(C)C)C1(C(Cl)S(=O)c2ccc(C)cc2)CCCCCCC1. The van der Waals surface area contributed by atoms with Crippen molar-refractivity contribution in [3.8, 4) is 0 Å². The van der Waals surface area contributed by atoms with Gasteiger partial charge in [-0.1, -0.05) is 69.6 Å². The highest BCUT2D eigenvalue weighted by molar-refractivity contribution is 7.87. The summed E-state index contributed by atoms with van der Waals surface area (Å²) in [5, 5.41) is 0. The average molecular weight is 469 g/mol. The third-order valence-electron chi connectivity index (χ3n) is 6.41. The number of alkyl halides is 1. The van der Waals surface area contributed by atoms with Gasteiger partial charge in [-0.05, 0) is 59.1 Å². The molecular formula is C26H41ClO3S. The largest absolute Gasteiger partial charge is 0.460 e. The number of ether oxygens (including phenoxy) is 1. The summed E-state index contributed by atoms with van der Waals surface area (Å²) in [6.45, 7) is 9.89. The van der Waals surface area contributed by atoms with E-state index in [1.165, 1.54) is 6.42 Å². The maximum atomic E-state index is 13.7. The van der Waals surface area contributed by atoms with Crippen LogP contribution in [0.4, 0.5) is 0 Å². The van der Waals surface area contributed by atoms with Gasteiger partial charge >= 0.3 is 5.97 Å². The van der Waals surface area contributed by atoms with E-state index in [-0.39, 0.29) is 11.9 Å². The Morgan fingerprint density at radius 2 is 1.65 bits per heavy atom. The molecule has 0 heterocycles. The fraction of sp³-hybridized carbons (Fsp3) is 0.731. The van der Waals surface area contributed by atoms with E-state index in [4.69, 9.17) is 16.3 Å². The van der Waals surface area contributed by atoms with Crippen LogP contribution in [0.5, 0.6) is 0 Å². The van der Waals surface area contributed by atoms with Crippen LogP contribution >= 0.6 is 11.6 Å². The lowest BCUT2D eigenvalue weighted by molar-refractivity contribution is -0.166. The van der Waals surface area contributed by atoms with Crippen LogP contribution in [0.15, 0.2) is 29.2 Å². The summed E-state index contributed by atoms with van der Waals surface area (Å²) < 4.78 is 19.0. The number of hydrogen-bond acceptors (Lipinski definition) is 3. The highest BCUT2D eigenvalue weighted by atomic mass is 35.5. The first-order valence-corrected chi connectivity index (χ1v) is 13.6. The highest BCUT2D eigenvalue weighted by Crippen LogP contribution is 2.50. The van der Waals surface area contributed by atoms with E-state index >= 15 is 0 Å². The molecular weight excluding hydrogens is 428 g/mol. The molecule has 1 fully saturated rings. The molecule has 0 aromatic heterocycles.